The van der Waals surface area contributed by atoms with E-state index in [0.29, 0.717) is 5.06 Å². The van der Waals surface area contributed by atoms with Crippen LogP contribution in [0.15, 0.2) is 36.5 Å². The Bertz CT molecular complexity index is 801. The lowest BCUT2D eigenvalue weighted by atomic mass is 10.1. The lowest BCUT2D eigenvalue weighted by Crippen LogP contribution is -2.33. The van der Waals surface area contributed by atoms with Crippen LogP contribution in [0.25, 0.3) is 0 Å². The molecule has 2 amide bonds. The summed E-state index contributed by atoms with van der Waals surface area (Å²) in [6.07, 6.45) is 1.11. The Morgan fingerprint density at radius 1 is 1.17 bits per heavy atom. The van der Waals surface area contributed by atoms with Crippen molar-refractivity contribution in [2.45, 2.75) is 0 Å². The van der Waals surface area contributed by atoms with Gasteiger partial charge in [0.25, 0.3) is 11.8 Å². The molecule has 0 bridgehead atoms. The van der Waals surface area contributed by atoms with E-state index in [1.54, 1.807) is 12.1 Å². The molecule has 0 saturated carbocycles. The Hall–Kier alpha value is -3.29. The van der Waals surface area contributed by atoms with Crippen LogP contribution in [0.3, 0.4) is 0 Å². The second-order valence-corrected chi connectivity index (χ2v) is 4.53. The molecule has 23 heavy (non-hydrogen) atoms. The van der Waals surface area contributed by atoms with E-state index in [-0.39, 0.29) is 16.9 Å². The summed E-state index contributed by atoms with van der Waals surface area (Å²) in [7, 11) is 1.31. The fourth-order valence-electron chi connectivity index (χ4n) is 2.06. The van der Waals surface area contributed by atoms with Gasteiger partial charge in [0.15, 0.2) is 11.5 Å². The SMILES string of the molecule is COc1cnc(C(=O)ON2C(=O)c3ccccc3C2=O)c(F)c1. The monoisotopic (exact) mass is 316 g/mol. The first kappa shape index (κ1) is 14.6. The number of pyridine rings is 1. The van der Waals surface area contributed by atoms with E-state index in [4.69, 9.17) is 9.57 Å². The molecule has 0 unspecified atom stereocenters. The number of carbonyl (C=O) groups is 3. The molecule has 1 aliphatic rings. The number of amides is 2. The first-order valence-corrected chi connectivity index (χ1v) is 6.42. The predicted molar refractivity (Wildman–Crippen MR) is 73.1 cm³/mol. The van der Waals surface area contributed by atoms with Gasteiger partial charge in [-0.25, -0.2) is 14.2 Å². The van der Waals surface area contributed by atoms with E-state index < -0.39 is 29.3 Å². The topological polar surface area (TPSA) is 85.8 Å². The van der Waals surface area contributed by atoms with Crippen molar-refractivity contribution in [3.8, 4) is 5.75 Å². The van der Waals surface area contributed by atoms with Crippen LogP contribution in [0.4, 0.5) is 4.39 Å². The summed E-state index contributed by atoms with van der Waals surface area (Å²) in [6, 6.07) is 6.93. The molecule has 2 heterocycles. The van der Waals surface area contributed by atoms with Crippen molar-refractivity contribution in [3.05, 3.63) is 59.2 Å². The molecule has 0 atom stereocenters. The van der Waals surface area contributed by atoms with Gasteiger partial charge < -0.3 is 9.57 Å². The Morgan fingerprint density at radius 3 is 2.30 bits per heavy atom. The number of rotatable bonds is 3. The number of benzene rings is 1. The van der Waals surface area contributed by atoms with E-state index in [0.717, 1.165) is 12.3 Å². The highest BCUT2D eigenvalue weighted by Crippen LogP contribution is 2.23. The highest BCUT2D eigenvalue weighted by molar-refractivity contribution is 6.21. The summed E-state index contributed by atoms with van der Waals surface area (Å²) in [5.41, 5.74) is -0.454. The molecule has 2 aromatic rings. The quantitative estimate of drug-likeness (QED) is 0.800. The van der Waals surface area contributed by atoms with E-state index in [1.165, 1.54) is 19.2 Å². The number of hydroxylamine groups is 2. The molecule has 3 rings (SSSR count). The average Bonchev–Trinajstić information content (AvgIpc) is 2.80. The van der Waals surface area contributed by atoms with Crippen molar-refractivity contribution < 1.29 is 28.3 Å². The van der Waals surface area contributed by atoms with Crippen LogP contribution in [0, 0.1) is 5.82 Å². The van der Waals surface area contributed by atoms with Gasteiger partial charge >= 0.3 is 5.97 Å². The fraction of sp³-hybridized carbons (Fsp3) is 0.0667. The molecule has 0 N–H and O–H groups in total. The molecule has 0 radical (unpaired) electrons. The van der Waals surface area contributed by atoms with Gasteiger partial charge in [-0.2, -0.15) is 0 Å². The fourth-order valence-corrected chi connectivity index (χ4v) is 2.06. The van der Waals surface area contributed by atoms with Crippen molar-refractivity contribution >= 4 is 17.8 Å². The number of ether oxygens (including phenoxy) is 1. The zero-order chi connectivity index (χ0) is 16.6. The molecule has 7 nitrogen and oxygen atoms in total. The van der Waals surface area contributed by atoms with Crippen molar-refractivity contribution in [3.63, 3.8) is 0 Å². The molecule has 0 aliphatic carbocycles. The van der Waals surface area contributed by atoms with Crippen LogP contribution in [0.5, 0.6) is 5.75 Å². The number of aromatic nitrogens is 1. The number of fused-ring (bicyclic) bond motifs is 1. The van der Waals surface area contributed by atoms with Crippen LogP contribution >= 0.6 is 0 Å². The minimum Gasteiger partial charge on any atom is -0.495 e. The molecule has 0 spiro atoms. The molecule has 8 heteroatoms. The van der Waals surface area contributed by atoms with Gasteiger partial charge in [-0.05, 0) is 12.1 Å². The molecular formula is C15H9FN2O5. The maximum atomic E-state index is 13.8. The summed E-state index contributed by atoms with van der Waals surface area (Å²) < 4.78 is 18.6. The lowest BCUT2D eigenvalue weighted by Gasteiger charge is -2.12. The van der Waals surface area contributed by atoms with Gasteiger partial charge in [-0.1, -0.05) is 17.2 Å². The number of carbonyl (C=O) groups excluding carboxylic acids is 3. The smallest absolute Gasteiger partial charge is 0.385 e. The highest BCUT2D eigenvalue weighted by Gasteiger charge is 2.39. The molecule has 0 fully saturated rings. The van der Waals surface area contributed by atoms with E-state index in [1.807, 2.05) is 0 Å². The number of imide groups is 1. The third-order valence-electron chi connectivity index (χ3n) is 3.18. The second kappa shape index (κ2) is 5.48. The van der Waals surface area contributed by atoms with E-state index in [9.17, 15) is 18.8 Å². The van der Waals surface area contributed by atoms with Crippen LogP contribution in [0.1, 0.15) is 31.2 Å². The van der Waals surface area contributed by atoms with Gasteiger partial charge in [-0.15, -0.1) is 0 Å². The highest BCUT2D eigenvalue weighted by atomic mass is 19.1. The zero-order valence-electron chi connectivity index (χ0n) is 11.8. The van der Waals surface area contributed by atoms with Crippen molar-refractivity contribution in [2.24, 2.45) is 0 Å². The number of methoxy groups -OCH3 is 1. The van der Waals surface area contributed by atoms with Crippen LogP contribution < -0.4 is 4.74 Å². The number of hydrogen-bond donors (Lipinski definition) is 0. The maximum Gasteiger partial charge on any atom is 0.385 e. The Morgan fingerprint density at radius 2 is 1.78 bits per heavy atom. The first-order valence-electron chi connectivity index (χ1n) is 6.42. The van der Waals surface area contributed by atoms with E-state index in [2.05, 4.69) is 4.98 Å². The van der Waals surface area contributed by atoms with Gasteiger partial charge in [0, 0.05) is 6.07 Å². The summed E-state index contributed by atoms with van der Waals surface area (Å²) in [6.45, 7) is 0. The molecule has 1 aromatic carbocycles. The Balaban J connectivity index is 1.85. The summed E-state index contributed by atoms with van der Waals surface area (Å²) in [5.74, 6) is -3.74. The number of halogens is 1. The maximum absolute atomic E-state index is 13.8. The normalized spacial score (nSPS) is 13.0. The number of nitrogens with zero attached hydrogens (tertiary/aromatic N) is 2. The third kappa shape index (κ3) is 2.39. The zero-order valence-corrected chi connectivity index (χ0v) is 11.8. The standard InChI is InChI=1S/C15H9FN2O5/c1-22-8-6-11(16)12(17-7-8)15(21)23-18-13(19)9-4-2-3-5-10(9)14(18)20/h2-7H,1H3. The summed E-state index contributed by atoms with van der Waals surface area (Å²) in [5, 5.41) is 0.290. The summed E-state index contributed by atoms with van der Waals surface area (Å²) in [4.78, 5) is 44.3. The first-order chi connectivity index (χ1) is 11.0. The second-order valence-electron chi connectivity index (χ2n) is 4.53. The molecule has 1 aliphatic heterocycles. The predicted octanol–water partition coefficient (Wildman–Crippen LogP) is 1.60. The molecule has 0 saturated heterocycles. The molecule has 1 aromatic heterocycles. The van der Waals surface area contributed by atoms with E-state index >= 15 is 0 Å². The van der Waals surface area contributed by atoms with Gasteiger partial charge in [-0.3, -0.25) is 9.59 Å². The number of hydrogen-bond acceptors (Lipinski definition) is 6. The minimum absolute atomic E-state index is 0.105. The van der Waals surface area contributed by atoms with Crippen LogP contribution in [0.2, 0.25) is 0 Å². The molecule has 116 valence electrons. The van der Waals surface area contributed by atoms with Crippen LogP contribution in [-0.4, -0.2) is 34.9 Å². The lowest BCUT2D eigenvalue weighted by molar-refractivity contribution is -0.0591. The van der Waals surface area contributed by atoms with Crippen molar-refractivity contribution in [1.29, 1.82) is 0 Å². The van der Waals surface area contributed by atoms with Gasteiger partial charge in [0.05, 0.1) is 24.4 Å². The van der Waals surface area contributed by atoms with Crippen LogP contribution in [-0.2, 0) is 4.84 Å². The average molecular weight is 316 g/mol. The molecular weight excluding hydrogens is 307 g/mol. The van der Waals surface area contributed by atoms with Crippen molar-refractivity contribution in [2.75, 3.05) is 7.11 Å². The third-order valence-corrected chi connectivity index (χ3v) is 3.18. The van der Waals surface area contributed by atoms with Gasteiger partial charge in [0.2, 0.25) is 0 Å². The summed E-state index contributed by atoms with van der Waals surface area (Å²) >= 11 is 0. The van der Waals surface area contributed by atoms with Gasteiger partial charge in [0.1, 0.15) is 5.75 Å². The minimum atomic E-state index is -1.26. The largest absolute Gasteiger partial charge is 0.495 e. The van der Waals surface area contributed by atoms with Crippen molar-refractivity contribution in [1.82, 2.24) is 10.0 Å². The Labute approximate surface area is 129 Å². The Kier molecular flexibility index (Phi) is 3.49.